The first kappa shape index (κ1) is 29.0. The lowest BCUT2D eigenvalue weighted by molar-refractivity contribution is -0.181. The molecule has 0 bridgehead atoms. The summed E-state index contributed by atoms with van der Waals surface area (Å²) in [6, 6.07) is 11.6. The van der Waals surface area contributed by atoms with E-state index in [0.29, 0.717) is 31.2 Å². The van der Waals surface area contributed by atoms with Gasteiger partial charge in [0.05, 0.1) is 37.6 Å². The molecule has 1 aliphatic rings. The van der Waals surface area contributed by atoms with Crippen LogP contribution in [0, 0.1) is 6.92 Å². The molecule has 1 amide bonds. The van der Waals surface area contributed by atoms with Crippen molar-refractivity contribution in [2.75, 3.05) is 19.8 Å². The number of hydrogen-bond acceptors (Lipinski definition) is 8. The van der Waals surface area contributed by atoms with Crippen LogP contribution in [-0.2, 0) is 22.4 Å². The number of benzene rings is 2. The second-order valence-electron chi connectivity index (χ2n) is 10.2. The molecule has 3 rings (SSSR count). The molecule has 1 fully saturated rings. The number of carbonyl (C=O) groups is 1. The number of phenolic OH excluding ortho intramolecular Hbond substituents is 1. The number of amides is 1. The fourth-order valence-electron chi connectivity index (χ4n) is 4.53. The van der Waals surface area contributed by atoms with Crippen LogP contribution >= 0.6 is 0 Å². The second-order valence-corrected chi connectivity index (χ2v) is 10.2. The molecule has 0 aliphatic carbocycles. The summed E-state index contributed by atoms with van der Waals surface area (Å²) in [5.41, 5.74) is 3.54. The highest BCUT2D eigenvalue weighted by atomic mass is 16.5. The summed E-state index contributed by atoms with van der Waals surface area (Å²) >= 11 is 0. The van der Waals surface area contributed by atoms with Crippen LogP contribution < -0.4 is 5.32 Å². The van der Waals surface area contributed by atoms with Crippen molar-refractivity contribution in [2.45, 2.75) is 75.9 Å². The maximum absolute atomic E-state index is 12.1. The minimum atomic E-state index is -1.18. The normalized spacial score (nSPS) is 22.1. The molecule has 9 nitrogen and oxygen atoms in total. The van der Waals surface area contributed by atoms with Crippen molar-refractivity contribution in [3.8, 4) is 5.75 Å². The lowest BCUT2D eigenvalue weighted by Gasteiger charge is -2.37. The number of carbonyl (C=O) groups excluding carboxylic acids is 1. The van der Waals surface area contributed by atoms with Crippen LogP contribution in [0.25, 0.3) is 0 Å². The van der Waals surface area contributed by atoms with Crippen LogP contribution in [0.2, 0.25) is 0 Å². The van der Waals surface area contributed by atoms with E-state index in [4.69, 9.17) is 4.74 Å². The molecule has 1 aliphatic heterocycles. The third-order valence-corrected chi connectivity index (χ3v) is 7.01. The standard InChI is InChI=1S/C28H39NO8/c1-17-10-22(33)21(24-13-23(34)27(36)25(14-30)37-24)12-20(17)11-19-8-6-18(7-9-19)4-3-5-26(35)29-28(2,15-31)16-32/h6-10,12,23-25,27,30-34,36H,3-5,11,13-16H2,1-2H3,(H,29,35)/t23-,24-,25-,27+/m1/s1. The second kappa shape index (κ2) is 12.8. The van der Waals surface area contributed by atoms with Gasteiger partial charge in [0.1, 0.15) is 18.0 Å². The van der Waals surface area contributed by atoms with Crippen LogP contribution in [-0.4, -0.2) is 80.2 Å². The summed E-state index contributed by atoms with van der Waals surface area (Å²) in [6.07, 6.45) is -1.45. The van der Waals surface area contributed by atoms with Crippen LogP contribution in [0.1, 0.15) is 60.1 Å². The summed E-state index contributed by atoms with van der Waals surface area (Å²) in [4.78, 5) is 12.1. The average Bonchev–Trinajstić information content (AvgIpc) is 2.88. The van der Waals surface area contributed by atoms with Gasteiger partial charge < -0.3 is 40.7 Å². The van der Waals surface area contributed by atoms with Gasteiger partial charge >= 0.3 is 0 Å². The van der Waals surface area contributed by atoms with Crippen molar-refractivity contribution in [3.63, 3.8) is 0 Å². The van der Waals surface area contributed by atoms with Gasteiger partial charge in [-0.2, -0.15) is 0 Å². The molecule has 2 aromatic carbocycles. The summed E-state index contributed by atoms with van der Waals surface area (Å²) in [7, 11) is 0. The van der Waals surface area contributed by atoms with Crippen molar-refractivity contribution in [3.05, 3.63) is 64.2 Å². The first-order chi connectivity index (χ1) is 17.6. The summed E-state index contributed by atoms with van der Waals surface area (Å²) in [5.74, 6) is -0.167. The Labute approximate surface area is 217 Å². The van der Waals surface area contributed by atoms with Crippen LogP contribution in [0.15, 0.2) is 36.4 Å². The Bertz CT molecular complexity index is 1040. The molecule has 204 valence electrons. The quantitative estimate of drug-likeness (QED) is 0.233. The molecule has 4 atom stereocenters. The van der Waals surface area contributed by atoms with E-state index < -0.39 is 36.6 Å². The minimum Gasteiger partial charge on any atom is -0.508 e. The SMILES string of the molecule is Cc1cc(O)c([C@H]2C[C@@H](O)[C@H](O)[C@@H](CO)O2)cc1Cc1ccc(CCCC(=O)NC(C)(CO)CO)cc1. The van der Waals surface area contributed by atoms with Gasteiger partial charge in [0.2, 0.25) is 5.91 Å². The molecule has 37 heavy (non-hydrogen) atoms. The zero-order valence-corrected chi connectivity index (χ0v) is 21.4. The molecule has 0 aromatic heterocycles. The Morgan fingerprint density at radius 1 is 1.08 bits per heavy atom. The number of hydrogen-bond donors (Lipinski definition) is 7. The smallest absolute Gasteiger partial charge is 0.220 e. The Balaban J connectivity index is 1.61. The molecule has 9 heteroatoms. The molecule has 0 unspecified atom stereocenters. The number of aliphatic hydroxyl groups is 5. The lowest BCUT2D eigenvalue weighted by atomic mass is 9.90. The van der Waals surface area contributed by atoms with E-state index in [-0.39, 0.29) is 31.3 Å². The molecular weight excluding hydrogens is 478 g/mol. The van der Waals surface area contributed by atoms with E-state index in [0.717, 1.165) is 22.3 Å². The number of nitrogens with one attached hydrogen (secondary N) is 1. The van der Waals surface area contributed by atoms with Crippen LogP contribution in [0.5, 0.6) is 5.75 Å². The number of aromatic hydroxyl groups is 1. The van der Waals surface area contributed by atoms with E-state index in [1.165, 1.54) is 0 Å². The van der Waals surface area contributed by atoms with Crippen molar-refractivity contribution in [2.24, 2.45) is 0 Å². The maximum atomic E-state index is 12.1. The summed E-state index contributed by atoms with van der Waals surface area (Å²) < 4.78 is 5.77. The fourth-order valence-corrected chi connectivity index (χ4v) is 4.53. The highest BCUT2D eigenvalue weighted by Crippen LogP contribution is 2.38. The monoisotopic (exact) mass is 517 g/mol. The molecule has 0 spiro atoms. The Kier molecular flexibility index (Phi) is 10.1. The molecule has 1 saturated heterocycles. The van der Waals surface area contributed by atoms with Crippen molar-refractivity contribution in [1.82, 2.24) is 5.32 Å². The molecule has 2 aromatic rings. The maximum Gasteiger partial charge on any atom is 0.220 e. The molecule has 1 heterocycles. The predicted octanol–water partition coefficient (Wildman–Crippen LogP) is 1.02. The van der Waals surface area contributed by atoms with Crippen LogP contribution in [0.3, 0.4) is 0 Å². The number of phenols is 1. The first-order valence-electron chi connectivity index (χ1n) is 12.6. The Hall–Kier alpha value is -2.53. The molecule has 7 N–H and O–H groups in total. The highest BCUT2D eigenvalue weighted by Gasteiger charge is 2.38. The summed E-state index contributed by atoms with van der Waals surface area (Å²) in [5, 5.41) is 61.5. The largest absolute Gasteiger partial charge is 0.508 e. The van der Waals surface area contributed by atoms with Gasteiger partial charge in [-0.3, -0.25) is 4.79 Å². The zero-order chi connectivity index (χ0) is 27.2. The minimum absolute atomic E-state index is 0.0456. The third kappa shape index (κ3) is 7.50. The molecule has 0 radical (unpaired) electrons. The van der Waals surface area contributed by atoms with E-state index >= 15 is 0 Å². The lowest BCUT2D eigenvalue weighted by Crippen LogP contribution is -2.51. The van der Waals surface area contributed by atoms with E-state index in [1.807, 2.05) is 37.3 Å². The van der Waals surface area contributed by atoms with Crippen molar-refractivity contribution in [1.29, 1.82) is 0 Å². The first-order valence-corrected chi connectivity index (χ1v) is 12.6. The van der Waals surface area contributed by atoms with Gasteiger partial charge in [-0.1, -0.05) is 24.3 Å². The molecule has 0 saturated carbocycles. The average molecular weight is 518 g/mol. The van der Waals surface area contributed by atoms with Gasteiger partial charge in [0.25, 0.3) is 0 Å². The van der Waals surface area contributed by atoms with E-state index in [9.17, 15) is 35.4 Å². The van der Waals surface area contributed by atoms with Crippen LogP contribution in [0.4, 0.5) is 0 Å². The third-order valence-electron chi connectivity index (χ3n) is 7.01. The number of rotatable bonds is 11. The van der Waals surface area contributed by atoms with Gasteiger partial charge in [-0.15, -0.1) is 0 Å². The van der Waals surface area contributed by atoms with Gasteiger partial charge in [-0.05, 0) is 67.5 Å². The Morgan fingerprint density at radius 2 is 1.73 bits per heavy atom. The van der Waals surface area contributed by atoms with Gasteiger partial charge in [0, 0.05) is 18.4 Å². The number of aryl methyl sites for hydroxylation is 2. The van der Waals surface area contributed by atoms with Crippen molar-refractivity contribution >= 4 is 5.91 Å². The fraction of sp³-hybridized carbons (Fsp3) is 0.536. The van der Waals surface area contributed by atoms with Gasteiger partial charge in [-0.25, -0.2) is 0 Å². The number of ether oxygens (including phenoxy) is 1. The van der Waals surface area contributed by atoms with Gasteiger partial charge in [0.15, 0.2) is 0 Å². The topological polar surface area (TPSA) is 160 Å². The highest BCUT2D eigenvalue weighted by molar-refractivity contribution is 5.76. The number of aliphatic hydroxyl groups excluding tert-OH is 5. The van der Waals surface area contributed by atoms with Crippen molar-refractivity contribution < 1.29 is 40.2 Å². The van der Waals surface area contributed by atoms with E-state index in [2.05, 4.69) is 5.32 Å². The molecular formula is C28H39NO8. The predicted molar refractivity (Wildman–Crippen MR) is 137 cm³/mol. The zero-order valence-electron chi connectivity index (χ0n) is 21.4. The summed E-state index contributed by atoms with van der Waals surface area (Å²) in [6.45, 7) is 2.40. The Morgan fingerprint density at radius 3 is 2.35 bits per heavy atom. The van der Waals surface area contributed by atoms with E-state index in [1.54, 1.807) is 13.0 Å².